The van der Waals surface area contributed by atoms with Gasteiger partial charge in [-0.25, -0.2) is 19.9 Å². The van der Waals surface area contributed by atoms with Crippen LogP contribution in [0.2, 0.25) is 0 Å². The van der Waals surface area contributed by atoms with E-state index >= 15 is 0 Å². The van der Waals surface area contributed by atoms with Crippen LogP contribution < -0.4 is 5.73 Å². The summed E-state index contributed by atoms with van der Waals surface area (Å²) in [5.74, 6) is 0.961. The number of rotatable bonds is 2. The SMILES string of the molecule is CSc1nc(N)c2nc(-c3ccco3)cnc2n1. The summed E-state index contributed by atoms with van der Waals surface area (Å²) in [5, 5.41) is 0.583. The van der Waals surface area contributed by atoms with Crippen LogP contribution in [0.5, 0.6) is 0 Å². The van der Waals surface area contributed by atoms with Crippen LogP contribution in [0.1, 0.15) is 0 Å². The Morgan fingerprint density at radius 1 is 1.28 bits per heavy atom. The van der Waals surface area contributed by atoms with Crippen molar-refractivity contribution in [2.45, 2.75) is 5.16 Å². The van der Waals surface area contributed by atoms with E-state index in [0.29, 0.717) is 33.6 Å². The molecule has 0 aromatic carbocycles. The van der Waals surface area contributed by atoms with Gasteiger partial charge in [0, 0.05) is 0 Å². The van der Waals surface area contributed by atoms with Crippen LogP contribution in [0.15, 0.2) is 34.2 Å². The average molecular weight is 259 g/mol. The molecule has 0 atom stereocenters. The zero-order chi connectivity index (χ0) is 12.5. The minimum absolute atomic E-state index is 0.324. The second-order valence-corrected chi connectivity index (χ2v) is 4.27. The van der Waals surface area contributed by atoms with Crippen molar-refractivity contribution in [1.82, 2.24) is 19.9 Å². The third-order valence-electron chi connectivity index (χ3n) is 2.37. The van der Waals surface area contributed by atoms with Gasteiger partial charge in [0.05, 0.1) is 12.5 Å². The molecule has 0 aliphatic heterocycles. The van der Waals surface area contributed by atoms with E-state index < -0.39 is 0 Å². The Balaban J connectivity index is 2.21. The summed E-state index contributed by atoms with van der Waals surface area (Å²) in [6.45, 7) is 0. The quantitative estimate of drug-likeness (QED) is 0.555. The van der Waals surface area contributed by atoms with E-state index in [1.807, 2.05) is 12.3 Å². The first-order valence-electron chi connectivity index (χ1n) is 5.16. The molecule has 0 aliphatic carbocycles. The predicted molar refractivity (Wildman–Crippen MR) is 69.0 cm³/mol. The first-order valence-corrected chi connectivity index (χ1v) is 6.38. The summed E-state index contributed by atoms with van der Waals surface area (Å²) in [7, 11) is 0. The van der Waals surface area contributed by atoms with Crippen LogP contribution in [0, 0.1) is 0 Å². The second-order valence-electron chi connectivity index (χ2n) is 3.50. The van der Waals surface area contributed by atoms with Gasteiger partial charge in [-0.3, -0.25) is 0 Å². The molecule has 0 fully saturated rings. The minimum atomic E-state index is 0.324. The smallest absolute Gasteiger partial charge is 0.191 e. The summed E-state index contributed by atoms with van der Waals surface area (Å²) in [6, 6.07) is 3.60. The van der Waals surface area contributed by atoms with Crippen molar-refractivity contribution in [2.24, 2.45) is 0 Å². The van der Waals surface area contributed by atoms with Crippen molar-refractivity contribution in [1.29, 1.82) is 0 Å². The largest absolute Gasteiger partial charge is 0.463 e. The highest BCUT2D eigenvalue weighted by molar-refractivity contribution is 7.98. The molecule has 0 saturated carbocycles. The van der Waals surface area contributed by atoms with Gasteiger partial charge >= 0.3 is 0 Å². The summed E-state index contributed by atoms with van der Waals surface area (Å²) >= 11 is 1.41. The first kappa shape index (κ1) is 11.0. The van der Waals surface area contributed by atoms with Gasteiger partial charge < -0.3 is 10.2 Å². The molecule has 0 aliphatic rings. The maximum Gasteiger partial charge on any atom is 0.191 e. The van der Waals surface area contributed by atoms with Crippen LogP contribution in [0.25, 0.3) is 22.6 Å². The number of aromatic nitrogens is 4. The Bertz CT molecular complexity index is 698. The number of furan rings is 1. The zero-order valence-electron chi connectivity index (χ0n) is 9.49. The van der Waals surface area contributed by atoms with Crippen molar-refractivity contribution in [3.63, 3.8) is 0 Å². The van der Waals surface area contributed by atoms with Crippen molar-refractivity contribution in [3.8, 4) is 11.5 Å². The molecule has 3 rings (SSSR count). The van der Waals surface area contributed by atoms with E-state index in [1.165, 1.54) is 11.8 Å². The van der Waals surface area contributed by atoms with Crippen LogP contribution in [-0.4, -0.2) is 26.2 Å². The highest BCUT2D eigenvalue weighted by Gasteiger charge is 2.10. The molecule has 0 spiro atoms. The van der Waals surface area contributed by atoms with Crippen molar-refractivity contribution in [3.05, 3.63) is 24.6 Å². The van der Waals surface area contributed by atoms with Gasteiger partial charge in [-0.15, -0.1) is 0 Å². The molecule has 3 heterocycles. The fourth-order valence-electron chi connectivity index (χ4n) is 1.54. The van der Waals surface area contributed by atoms with Crippen molar-refractivity contribution < 1.29 is 4.42 Å². The molecule has 3 aromatic rings. The van der Waals surface area contributed by atoms with E-state index in [2.05, 4.69) is 19.9 Å². The Morgan fingerprint density at radius 3 is 2.89 bits per heavy atom. The lowest BCUT2D eigenvalue weighted by Crippen LogP contribution is -2.00. The Kier molecular flexibility index (Phi) is 2.60. The van der Waals surface area contributed by atoms with Gasteiger partial charge in [-0.05, 0) is 18.4 Å². The Labute approximate surface area is 107 Å². The van der Waals surface area contributed by atoms with E-state index in [9.17, 15) is 0 Å². The van der Waals surface area contributed by atoms with Crippen molar-refractivity contribution >= 4 is 28.7 Å². The topological polar surface area (TPSA) is 90.7 Å². The number of anilines is 1. The van der Waals surface area contributed by atoms with E-state index in [1.54, 1.807) is 18.5 Å². The molecular weight excluding hydrogens is 250 g/mol. The normalized spacial score (nSPS) is 10.9. The number of nitrogens with two attached hydrogens (primary N) is 1. The monoisotopic (exact) mass is 259 g/mol. The summed E-state index contributed by atoms with van der Waals surface area (Å²) < 4.78 is 5.26. The van der Waals surface area contributed by atoms with Crippen LogP contribution in [-0.2, 0) is 0 Å². The summed E-state index contributed by atoms with van der Waals surface area (Å²) in [6.07, 6.45) is 5.07. The Hall–Kier alpha value is -2.15. The fourth-order valence-corrected chi connectivity index (χ4v) is 1.91. The molecule has 0 amide bonds. The lowest BCUT2D eigenvalue weighted by atomic mass is 10.3. The van der Waals surface area contributed by atoms with Gasteiger partial charge in [-0.1, -0.05) is 11.8 Å². The molecule has 3 aromatic heterocycles. The predicted octanol–water partition coefficient (Wildman–Crippen LogP) is 1.98. The third kappa shape index (κ3) is 1.78. The van der Waals surface area contributed by atoms with Crippen molar-refractivity contribution in [2.75, 3.05) is 12.0 Å². The number of hydrogen-bond acceptors (Lipinski definition) is 7. The number of fused-ring (bicyclic) bond motifs is 1. The van der Waals surface area contributed by atoms with Crippen LogP contribution >= 0.6 is 11.8 Å². The molecule has 0 unspecified atom stereocenters. The minimum Gasteiger partial charge on any atom is -0.463 e. The lowest BCUT2D eigenvalue weighted by molar-refractivity contribution is 0.580. The first-order chi connectivity index (χ1) is 8.78. The summed E-state index contributed by atoms with van der Waals surface area (Å²) in [4.78, 5) is 17.0. The van der Waals surface area contributed by atoms with Gasteiger partial charge in [0.25, 0.3) is 0 Å². The van der Waals surface area contributed by atoms with E-state index in [4.69, 9.17) is 10.2 Å². The average Bonchev–Trinajstić information content (AvgIpc) is 2.92. The van der Waals surface area contributed by atoms with Gasteiger partial charge in [0.15, 0.2) is 27.9 Å². The van der Waals surface area contributed by atoms with Crippen LogP contribution in [0.3, 0.4) is 0 Å². The molecule has 0 saturated heterocycles. The number of nitrogens with zero attached hydrogens (tertiary/aromatic N) is 4. The molecule has 0 bridgehead atoms. The highest BCUT2D eigenvalue weighted by Crippen LogP contribution is 2.22. The lowest BCUT2D eigenvalue weighted by Gasteiger charge is -2.03. The maximum absolute atomic E-state index is 5.86. The fraction of sp³-hybridized carbons (Fsp3) is 0.0909. The van der Waals surface area contributed by atoms with Gasteiger partial charge in [0.2, 0.25) is 0 Å². The number of thioether (sulfide) groups is 1. The standard InChI is InChI=1S/C11H9N5OS/c1-18-11-15-9(12)8-10(16-11)13-5-6(14-8)7-3-2-4-17-7/h2-5H,1H3,(H2,12,13,15,16). The molecule has 90 valence electrons. The number of hydrogen-bond donors (Lipinski definition) is 1. The molecule has 6 nitrogen and oxygen atoms in total. The second kappa shape index (κ2) is 4.26. The molecular formula is C11H9N5OS. The molecule has 2 N–H and O–H groups in total. The zero-order valence-corrected chi connectivity index (χ0v) is 10.3. The molecule has 18 heavy (non-hydrogen) atoms. The molecule has 7 heteroatoms. The van der Waals surface area contributed by atoms with Crippen LogP contribution in [0.4, 0.5) is 5.82 Å². The summed E-state index contributed by atoms with van der Waals surface area (Å²) in [5.41, 5.74) is 7.44. The van der Waals surface area contributed by atoms with E-state index in [-0.39, 0.29) is 0 Å². The van der Waals surface area contributed by atoms with E-state index in [0.717, 1.165) is 0 Å². The third-order valence-corrected chi connectivity index (χ3v) is 2.92. The Morgan fingerprint density at radius 2 is 2.17 bits per heavy atom. The van der Waals surface area contributed by atoms with Gasteiger partial charge in [-0.2, -0.15) is 0 Å². The van der Waals surface area contributed by atoms with Gasteiger partial charge in [0.1, 0.15) is 5.69 Å². The maximum atomic E-state index is 5.86. The molecule has 0 radical (unpaired) electrons. The highest BCUT2D eigenvalue weighted by atomic mass is 32.2. The number of nitrogen functional groups attached to an aromatic ring is 1.